The van der Waals surface area contributed by atoms with Gasteiger partial charge in [-0.3, -0.25) is 19.7 Å². The molecule has 0 aliphatic carbocycles. The number of ether oxygens (including phenoxy) is 5. The molecule has 1 saturated heterocycles. The number of aromatic amines is 1. The lowest BCUT2D eigenvalue weighted by Crippen LogP contribution is -2.30. The van der Waals surface area contributed by atoms with Crippen molar-refractivity contribution in [2.24, 2.45) is 0 Å². The van der Waals surface area contributed by atoms with Crippen LogP contribution in [0.2, 0.25) is 0 Å². The number of aliphatic hydroxyl groups excluding tert-OH is 1. The van der Waals surface area contributed by atoms with Gasteiger partial charge in [-0.15, -0.1) is 0 Å². The van der Waals surface area contributed by atoms with Crippen molar-refractivity contribution in [3.8, 4) is 17.2 Å². The molecule has 0 spiro atoms. The van der Waals surface area contributed by atoms with Crippen LogP contribution in [-0.4, -0.2) is 87.4 Å². The standard InChI is InChI=1S/C33H36N4O10/c1-43-26-14-19-13-23(35-29(19)31(45-3)30(26)44-2)33(40)36-16-20(17-38)28-21-8-7-18(12-22(21)24(37(41)42)15-25(28)36)32(39)34-9-11-47-27-6-4-5-10-46-27/h7-8,12-15,20,27,35,38H,4-6,9-11,16-17H2,1-3H3,(H,34,39). The van der Waals surface area contributed by atoms with Gasteiger partial charge in [-0.25, -0.2) is 0 Å². The predicted molar refractivity (Wildman–Crippen MR) is 172 cm³/mol. The van der Waals surface area contributed by atoms with Crippen LogP contribution >= 0.6 is 0 Å². The lowest BCUT2D eigenvalue weighted by Gasteiger charge is -2.22. The molecule has 3 heterocycles. The molecule has 3 N–H and O–H groups in total. The van der Waals surface area contributed by atoms with Gasteiger partial charge in [0, 0.05) is 42.6 Å². The van der Waals surface area contributed by atoms with Gasteiger partial charge in [-0.1, -0.05) is 6.07 Å². The third-order valence-corrected chi connectivity index (χ3v) is 8.64. The van der Waals surface area contributed by atoms with Crippen molar-refractivity contribution in [3.05, 3.63) is 63.3 Å². The SMILES string of the molecule is COc1cc2cc(C(=O)N3CC(CO)c4c3cc([N+](=O)[O-])c3cc(C(=O)NCCOC5CCCCO5)ccc43)[nH]c2c(OC)c1OC. The fourth-order valence-electron chi connectivity index (χ4n) is 6.41. The molecule has 0 saturated carbocycles. The highest BCUT2D eigenvalue weighted by Gasteiger charge is 2.37. The van der Waals surface area contributed by atoms with Gasteiger partial charge in [0.05, 0.1) is 56.1 Å². The van der Waals surface area contributed by atoms with E-state index in [1.54, 1.807) is 24.3 Å². The second-order valence-corrected chi connectivity index (χ2v) is 11.4. The fraction of sp³-hybridized carbons (Fsp3) is 0.394. The number of hydrogen-bond donors (Lipinski definition) is 3. The Morgan fingerprint density at radius 3 is 2.57 bits per heavy atom. The number of benzene rings is 3. The summed E-state index contributed by atoms with van der Waals surface area (Å²) in [6.07, 6.45) is 2.57. The van der Waals surface area contributed by atoms with Crippen LogP contribution in [0.5, 0.6) is 17.2 Å². The molecule has 3 aromatic carbocycles. The van der Waals surface area contributed by atoms with Crippen LogP contribution in [0, 0.1) is 10.1 Å². The maximum absolute atomic E-state index is 14.0. The van der Waals surface area contributed by atoms with Gasteiger partial charge in [-0.05, 0) is 54.5 Å². The van der Waals surface area contributed by atoms with E-state index in [9.17, 15) is 24.8 Å². The quantitative estimate of drug-likeness (QED) is 0.121. The zero-order valence-electron chi connectivity index (χ0n) is 26.3. The molecule has 2 amide bonds. The van der Waals surface area contributed by atoms with Crippen LogP contribution in [0.15, 0.2) is 36.4 Å². The second kappa shape index (κ2) is 13.4. The Hall–Kier alpha value is -4.92. The molecule has 47 heavy (non-hydrogen) atoms. The summed E-state index contributed by atoms with van der Waals surface area (Å²) >= 11 is 0. The maximum Gasteiger partial charge on any atom is 0.279 e. The third-order valence-electron chi connectivity index (χ3n) is 8.64. The number of non-ortho nitro benzene ring substituents is 1. The van der Waals surface area contributed by atoms with E-state index >= 15 is 0 Å². The highest BCUT2D eigenvalue weighted by atomic mass is 16.7. The topological polar surface area (TPSA) is 175 Å². The number of rotatable bonds is 11. The highest BCUT2D eigenvalue weighted by molar-refractivity contribution is 6.13. The molecule has 0 radical (unpaired) electrons. The molecule has 14 nitrogen and oxygen atoms in total. The zero-order chi connectivity index (χ0) is 33.2. The largest absolute Gasteiger partial charge is 0.493 e. The van der Waals surface area contributed by atoms with Crippen molar-refractivity contribution < 1.29 is 43.3 Å². The van der Waals surface area contributed by atoms with Crippen molar-refractivity contribution in [1.29, 1.82) is 0 Å². The molecule has 14 heteroatoms. The number of H-pyrrole nitrogens is 1. The van der Waals surface area contributed by atoms with E-state index in [0.717, 1.165) is 19.3 Å². The van der Waals surface area contributed by atoms with Crippen molar-refractivity contribution in [2.75, 3.05) is 59.1 Å². The number of carbonyl (C=O) groups is 2. The number of hydrogen-bond acceptors (Lipinski definition) is 10. The van der Waals surface area contributed by atoms with Gasteiger partial charge in [0.1, 0.15) is 5.69 Å². The number of carbonyl (C=O) groups excluding carboxylic acids is 2. The number of nitro groups is 1. The predicted octanol–water partition coefficient (Wildman–Crippen LogP) is 4.26. The lowest BCUT2D eigenvalue weighted by atomic mass is 9.93. The number of nitro benzene ring substituents is 1. The van der Waals surface area contributed by atoms with Gasteiger partial charge in [0.15, 0.2) is 17.8 Å². The van der Waals surface area contributed by atoms with Crippen LogP contribution in [0.4, 0.5) is 11.4 Å². The van der Waals surface area contributed by atoms with Crippen LogP contribution in [0.1, 0.15) is 51.6 Å². The molecule has 2 aliphatic heterocycles. The van der Waals surface area contributed by atoms with E-state index in [2.05, 4.69) is 10.3 Å². The van der Waals surface area contributed by atoms with Crippen LogP contribution in [0.3, 0.4) is 0 Å². The summed E-state index contributed by atoms with van der Waals surface area (Å²) in [6.45, 7) is 0.956. The van der Waals surface area contributed by atoms with Gasteiger partial charge in [-0.2, -0.15) is 0 Å². The molecule has 2 aliphatic rings. The molecule has 248 valence electrons. The zero-order valence-corrected chi connectivity index (χ0v) is 26.3. The normalized spacial score (nSPS) is 17.5. The molecule has 2 atom stereocenters. The van der Waals surface area contributed by atoms with Crippen LogP contribution in [-0.2, 0) is 9.47 Å². The number of aromatic nitrogens is 1. The van der Waals surface area contributed by atoms with E-state index in [1.807, 2.05) is 0 Å². The first-order chi connectivity index (χ1) is 22.8. The summed E-state index contributed by atoms with van der Waals surface area (Å²) in [5.41, 5.74) is 1.58. The molecule has 4 aromatic rings. The smallest absolute Gasteiger partial charge is 0.279 e. The number of anilines is 1. The first kappa shape index (κ1) is 32.0. The summed E-state index contributed by atoms with van der Waals surface area (Å²) in [6, 6.07) is 9.37. The average Bonchev–Trinajstić information content (AvgIpc) is 3.70. The molecule has 2 unspecified atom stereocenters. The molecular weight excluding hydrogens is 612 g/mol. The van der Waals surface area contributed by atoms with E-state index in [1.165, 1.54) is 38.4 Å². The Balaban J connectivity index is 1.31. The summed E-state index contributed by atoms with van der Waals surface area (Å²) < 4.78 is 27.7. The Bertz CT molecular complexity index is 1850. The van der Waals surface area contributed by atoms with Crippen LogP contribution < -0.4 is 24.4 Å². The van der Waals surface area contributed by atoms with Crippen molar-refractivity contribution in [3.63, 3.8) is 0 Å². The molecule has 1 fully saturated rings. The van der Waals surface area contributed by atoms with E-state index in [0.29, 0.717) is 51.4 Å². The number of nitrogens with zero attached hydrogens (tertiary/aromatic N) is 2. The second-order valence-electron chi connectivity index (χ2n) is 11.4. The minimum absolute atomic E-state index is 0.0903. The molecule has 6 rings (SSSR count). The van der Waals surface area contributed by atoms with Gasteiger partial charge in [0.2, 0.25) is 5.75 Å². The summed E-state index contributed by atoms with van der Waals surface area (Å²) in [5, 5.41) is 26.8. The Morgan fingerprint density at radius 1 is 1.09 bits per heavy atom. The third kappa shape index (κ3) is 5.90. The van der Waals surface area contributed by atoms with Crippen molar-refractivity contribution in [1.82, 2.24) is 10.3 Å². The van der Waals surface area contributed by atoms with E-state index < -0.39 is 22.7 Å². The number of amides is 2. The van der Waals surface area contributed by atoms with E-state index in [-0.39, 0.29) is 54.9 Å². The highest BCUT2D eigenvalue weighted by Crippen LogP contribution is 2.47. The Labute approximate surface area is 269 Å². The monoisotopic (exact) mass is 648 g/mol. The Kier molecular flexibility index (Phi) is 9.16. The number of nitrogens with one attached hydrogen (secondary N) is 2. The number of aliphatic hydroxyl groups is 1. The fourth-order valence-corrected chi connectivity index (χ4v) is 6.41. The molecular formula is C33H36N4O10. The maximum atomic E-state index is 14.0. The van der Waals surface area contributed by atoms with Crippen molar-refractivity contribution >= 4 is 44.9 Å². The number of fused-ring (bicyclic) bond motifs is 4. The van der Waals surface area contributed by atoms with Crippen LogP contribution in [0.25, 0.3) is 21.7 Å². The van der Waals surface area contributed by atoms with Gasteiger partial charge in [0.25, 0.3) is 17.5 Å². The minimum atomic E-state index is -0.538. The van der Waals surface area contributed by atoms with Gasteiger partial charge >= 0.3 is 0 Å². The molecule has 1 aromatic heterocycles. The first-order valence-corrected chi connectivity index (χ1v) is 15.3. The van der Waals surface area contributed by atoms with E-state index in [4.69, 9.17) is 23.7 Å². The first-order valence-electron chi connectivity index (χ1n) is 15.3. The minimum Gasteiger partial charge on any atom is -0.493 e. The Morgan fingerprint density at radius 2 is 1.89 bits per heavy atom. The van der Waals surface area contributed by atoms with Gasteiger partial charge < -0.3 is 44.0 Å². The average molecular weight is 649 g/mol. The summed E-state index contributed by atoms with van der Waals surface area (Å²) in [7, 11) is 4.45. The summed E-state index contributed by atoms with van der Waals surface area (Å²) in [4.78, 5) is 43.3. The number of methoxy groups -OCH3 is 3. The molecule has 0 bridgehead atoms. The lowest BCUT2D eigenvalue weighted by molar-refractivity contribution is -0.383. The summed E-state index contributed by atoms with van der Waals surface area (Å²) in [5.74, 6) is -0.262. The van der Waals surface area contributed by atoms with Crippen molar-refractivity contribution in [2.45, 2.75) is 31.5 Å².